The lowest BCUT2D eigenvalue weighted by Gasteiger charge is -1.99. The third-order valence-corrected chi connectivity index (χ3v) is 1.41. The van der Waals surface area contributed by atoms with Crippen LogP contribution in [0.15, 0.2) is 12.1 Å². The van der Waals surface area contributed by atoms with Crippen LogP contribution in [-0.2, 0) is 11.3 Å². The van der Waals surface area contributed by atoms with E-state index in [1.807, 2.05) is 0 Å². The molecule has 0 aliphatic carbocycles. The first-order valence-corrected chi connectivity index (χ1v) is 3.79. The minimum atomic E-state index is -0.0910. The predicted molar refractivity (Wildman–Crippen MR) is 44.6 cm³/mol. The Kier molecular flexibility index (Phi) is 2.99. The van der Waals surface area contributed by atoms with Crippen molar-refractivity contribution in [2.24, 2.45) is 0 Å². The second-order valence-corrected chi connectivity index (χ2v) is 2.64. The molecule has 0 saturated heterocycles. The second kappa shape index (κ2) is 4.01. The SMILES string of the molecule is CC(=O)NCc1ccc(Cl)nn1. The molecule has 1 rings (SSSR count). The molecule has 1 amide bonds. The Morgan fingerprint density at radius 3 is 2.83 bits per heavy atom. The lowest BCUT2D eigenvalue weighted by Crippen LogP contribution is -2.19. The third-order valence-electron chi connectivity index (χ3n) is 1.21. The average molecular weight is 186 g/mol. The summed E-state index contributed by atoms with van der Waals surface area (Å²) >= 11 is 5.51. The zero-order valence-electron chi connectivity index (χ0n) is 6.54. The fourth-order valence-electron chi connectivity index (χ4n) is 0.653. The van der Waals surface area contributed by atoms with Gasteiger partial charge in [-0.3, -0.25) is 4.79 Å². The maximum absolute atomic E-state index is 10.5. The van der Waals surface area contributed by atoms with Gasteiger partial charge in [0.25, 0.3) is 0 Å². The van der Waals surface area contributed by atoms with Crippen molar-refractivity contribution in [3.63, 3.8) is 0 Å². The molecule has 64 valence electrons. The number of nitrogens with zero attached hydrogens (tertiary/aromatic N) is 2. The van der Waals surface area contributed by atoms with Gasteiger partial charge in [-0.05, 0) is 12.1 Å². The molecule has 1 aromatic heterocycles. The molecule has 0 saturated carbocycles. The van der Waals surface area contributed by atoms with Crippen molar-refractivity contribution in [3.05, 3.63) is 23.0 Å². The second-order valence-electron chi connectivity index (χ2n) is 2.26. The van der Waals surface area contributed by atoms with Crippen molar-refractivity contribution in [1.82, 2.24) is 15.5 Å². The number of rotatable bonds is 2. The largest absolute Gasteiger partial charge is 0.351 e. The van der Waals surface area contributed by atoms with Crippen molar-refractivity contribution in [1.29, 1.82) is 0 Å². The van der Waals surface area contributed by atoms with Crippen LogP contribution in [-0.4, -0.2) is 16.1 Å². The molecule has 0 aromatic carbocycles. The van der Waals surface area contributed by atoms with Crippen LogP contribution in [0.5, 0.6) is 0 Å². The van der Waals surface area contributed by atoms with Gasteiger partial charge in [0, 0.05) is 6.92 Å². The van der Waals surface area contributed by atoms with Crippen LogP contribution < -0.4 is 5.32 Å². The Bertz CT molecular complexity index is 272. The highest BCUT2D eigenvalue weighted by Gasteiger charge is 1.96. The Balaban J connectivity index is 2.53. The summed E-state index contributed by atoms with van der Waals surface area (Å²) in [7, 11) is 0. The number of amides is 1. The van der Waals surface area contributed by atoms with E-state index in [-0.39, 0.29) is 5.91 Å². The molecule has 0 spiro atoms. The number of carbonyl (C=O) groups is 1. The molecule has 12 heavy (non-hydrogen) atoms. The summed E-state index contributed by atoms with van der Waals surface area (Å²) in [6, 6.07) is 3.34. The average Bonchev–Trinajstić information content (AvgIpc) is 2.03. The smallest absolute Gasteiger partial charge is 0.217 e. The van der Waals surface area contributed by atoms with Gasteiger partial charge in [0.2, 0.25) is 5.91 Å². The molecule has 0 unspecified atom stereocenters. The molecule has 1 heterocycles. The fourth-order valence-corrected chi connectivity index (χ4v) is 0.754. The van der Waals surface area contributed by atoms with E-state index in [1.165, 1.54) is 6.92 Å². The molecule has 0 radical (unpaired) electrons. The van der Waals surface area contributed by atoms with Gasteiger partial charge < -0.3 is 5.32 Å². The zero-order valence-corrected chi connectivity index (χ0v) is 7.30. The normalized spacial score (nSPS) is 9.50. The van der Waals surface area contributed by atoms with E-state index in [0.717, 1.165) is 0 Å². The number of carbonyl (C=O) groups excluding carboxylic acids is 1. The minimum Gasteiger partial charge on any atom is -0.351 e. The third kappa shape index (κ3) is 2.84. The summed E-state index contributed by atoms with van der Waals surface area (Å²) in [5.74, 6) is -0.0910. The van der Waals surface area contributed by atoms with Crippen molar-refractivity contribution >= 4 is 17.5 Å². The van der Waals surface area contributed by atoms with Gasteiger partial charge in [-0.2, -0.15) is 5.10 Å². The summed E-state index contributed by atoms with van der Waals surface area (Å²) in [6.07, 6.45) is 0. The molecule has 1 N–H and O–H groups in total. The lowest BCUT2D eigenvalue weighted by molar-refractivity contribution is -0.119. The first-order valence-electron chi connectivity index (χ1n) is 3.41. The summed E-state index contributed by atoms with van der Waals surface area (Å²) in [4.78, 5) is 10.5. The fraction of sp³-hybridized carbons (Fsp3) is 0.286. The quantitative estimate of drug-likeness (QED) is 0.741. The van der Waals surface area contributed by atoms with Crippen molar-refractivity contribution in [2.45, 2.75) is 13.5 Å². The number of hydrogen-bond acceptors (Lipinski definition) is 3. The van der Waals surface area contributed by atoms with E-state index in [0.29, 0.717) is 17.4 Å². The van der Waals surface area contributed by atoms with E-state index in [9.17, 15) is 4.79 Å². The van der Waals surface area contributed by atoms with Gasteiger partial charge in [-0.1, -0.05) is 11.6 Å². The van der Waals surface area contributed by atoms with E-state index in [1.54, 1.807) is 12.1 Å². The molecule has 0 aliphatic rings. The van der Waals surface area contributed by atoms with Crippen molar-refractivity contribution in [3.8, 4) is 0 Å². The summed E-state index contributed by atoms with van der Waals surface area (Å²) in [5.41, 5.74) is 0.689. The standard InChI is InChI=1S/C7H8ClN3O/c1-5(12)9-4-6-2-3-7(8)11-10-6/h2-3H,4H2,1H3,(H,9,12). The maximum Gasteiger partial charge on any atom is 0.217 e. The van der Waals surface area contributed by atoms with E-state index in [2.05, 4.69) is 15.5 Å². The number of hydrogen-bond donors (Lipinski definition) is 1. The Morgan fingerprint density at radius 2 is 2.33 bits per heavy atom. The summed E-state index contributed by atoms with van der Waals surface area (Å²) in [6.45, 7) is 1.84. The van der Waals surface area contributed by atoms with Gasteiger partial charge in [-0.25, -0.2) is 0 Å². The van der Waals surface area contributed by atoms with Gasteiger partial charge in [-0.15, -0.1) is 5.10 Å². The van der Waals surface area contributed by atoms with Crippen LogP contribution in [0, 0.1) is 0 Å². The van der Waals surface area contributed by atoms with Crippen LogP contribution in [0.2, 0.25) is 5.15 Å². The number of halogens is 1. The van der Waals surface area contributed by atoms with Crippen LogP contribution >= 0.6 is 11.6 Å². The molecular formula is C7H8ClN3O. The Morgan fingerprint density at radius 1 is 1.58 bits per heavy atom. The van der Waals surface area contributed by atoms with Crippen molar-refractivity contribution < 1.29 is 4.79 Å². The van der Waals surface area contributed by atoms with Gasteiger partial charge in [0.15, 0.2) is 5.15 Å². The Hall–Kier alpha value is -1.16. The highest BCUT2D eigenvalue weighted by molar-refractivity contribution is 6.29. The van der Waals surface area contributed by atoms with Crippen LogP contribution in [0.3, 0.4) is 0 Å². The molecule has 0 atom stereocenters. The predicted octanol–water partition coefficient (Wildman–Crippen LogP) is 0.766. The molecular weight excluding hydrogens is 178 g/mol. The van der Waals surface area contributed by atoms with Gasteiger partial charge in [0.05, 0.1) is 12.2 Å². The van der Waals surface area contributed by atoms with Gasteiger partial charge >= 0.3 is 0 Å². The van der Waals surface area contributed by atoms with Gasteiger partial charge in [0.1, 0.15) is 0 Å². The summed E-state index contributed by atoms with van der Waals surface area (Å²) in [5, 5.41) is 10.3. The molecule has 0 fully saturated rings. The zero-order chi connectivity index (χ0) is 8.97. The highest BCUT2D eigenvalue weighted by atomic mass is 35.5. The van der Waals surface area contributed by atoms with Crippen LogP contribution in [0.1, 0.15) is 12.6 Å². The topological polar surface area (TPSA) is 54.9 Å². The number of aromatic nitrogens is 2. The van der Waals surface area contributed by atoms with Crippen molar-refractivity contribution in [2.75, 3.05) is 0 Å². The summed E-state index contributed by atoms with van der Waals surface area (Å²) < 4.78 is 0. The highest BCUT2D eigenvalue weighted by Crippen LogP contribution is 2.01. The van der Waals surface area contributed by atoms with E-state index in [4.69, 9.17) is 11.6 Å². The monoisotopic (exact) mass is 185 g/mol. The van der Waals surface area contributed by atoms with E-state index >= 15 is 0 Å². The van der Waals surface area contributed by atoms with Crippen LogP contribution in [0.4, 0.5) is 0 Å². The first kappa shape index (κ1) is 8.93. The van der Waals surface area contributed by atoms with E-state index < -0.39 is 0 Å². The minimum absolute atomic E-state index is 0.0910. The Labute approximate surface area is 74.9 Å². The molecule has 1 aromatic rings. The molecule has 4 nitrogen and oxygen atoms in total. The molecule has 0 bridgehead atoms. The number of nitrogens with one attached hydrogen (secondary N) is 1. The first-order chi connectivity index (χ1) is 5.68. The maximum atomic E-state index is 10.5. The lowest BCUT2D eigenvalue weighted by atomic mass is 10.4. The van der Waals surface area contributed by atoms with Crippen LogP contribution in [0.25, 0.3) is 0 Å². The molecule has 5 heteroatoms. The molecule has 0 aliphatic heterocycles.